The minimum absolute atomic E-state index is 1.02. The molecule has 12 heavy (non-hydrogen) atoms. The Morgan fingerprint density at radius 2 is 1.67 bits per heavy atom. The Morgan fingerprint density at radius 3 is 2.25 bits per heavy atom. The van der Waals surface area contributed by atoms with E-state index in [-0.39, 0.29) is 0 Å². The van der Waals surface area contributed by atoms with Crippen molar-refractivity contribution < 1.29 is 0 Å². The molecule has 0 bridgehead atoms. The van der Waals surface area contributed by atoms with Crippen molar-refractivity contribution in [1.82, 2.24) is 4.57 Å². The van der Waals surface area contributed by atoms with Gasteiger partial charge in [-0.2, -0.15) is 0 Å². The summed E-state index contributed by atoms with van der Waals surface area (Å²) in [5, 5.41) is 0. The fraction of sp³-hybridized carbons (Fsp3) is 0. The summed E-state index contributed by atoms with van der Waals surface area (Å²) in [4.78, 5) is 0. The van der Waals surface area contributed by atoms with Crippen molar-refractivity contribution in [2.24, 2.45) is 0 Å². The van der Waals surface area contributed by atoms with Gasteiger partial charge in [-0.1, -0.05) is 18.2 Å². The molecule has 2 aromatic rings. The lowest BCUT2D eigenvalue weighted by Gasteiger charge is -2.04. The first-order chi connectivity index (χ1) is 5.88. The third kappa shape index (κ3) is 1.14. The van der Waals surface area contributed by atoms with Crippen molar-refractivity contribution in [1.29, 1.82) is 0 Å². The molecule has 0 aliphatic rings. The molecule has 0 N–H and O–H groups in total. The number of rotatable bonds is 1. The maximum atomic E-state index is 3.92. The van der Waals surface area contributed by atoms with E-state index in [2.05, 4.69) is 23.6 Å². The van der Waals surface area contributed by atoms with Crippen molar-refractivity contribution in [2.75, 3.05) is 0 Å². The first kappa shape index (κ1) is 7.17. The predicted molar refractivity (Wildman–Crippen MR) is 50.2 cm³/mol. The molecule has 1 radical (unpaired) electrons. The van der Waals surface area contributed by atoms with E-state index in [9.17, 15) is 0 Å². The van der Waals surface area contributed by atoms with Crippen LogP contribution in [0.4, 0.5) is 0 Å². The van der Waals surface area contributed by atoms with Crippen molar-refractivity contribution in [3.05, 3.63) is 61.3 Å². The summed E-state index contributed by atoms with van der Waals surface area (Å²) in [6, 6.07) is 14.2. The van der Waals surface area contributed by atoms with E-state index in [0.717, 1.165) is 11.4 Å². The molecular weight excluding hydrogens is 146 g/mol. The summed E-state index contributed by atoms with van der Waals surface area (Å²) in [7, 11) is 0. The van der Waals surface area contributed by atoms with Crippen LogP contribution in [0.1, 0.15) is 5.69 Å². The summed E-state index contributed by atoms with van der Waals surface area (Å²) in [6.45, 7) is 3.92. The third-order valence-electron chi connectivity index (χ3n) is 1.87. The Morgan fingerprint density at radius 1 is 0.917 bits per heavy atom. The van der Waals surface area contributed by atoms with Gasteiger partial charge in [0.1, 0.15) is 0 Å². The lowest BCUT2D eigenvalue weighted by atomic mass is 10.3. The van der Waals surface area contributed by atoms with Crippen LogP contribution in [-0.2, 0) is 0 Å². The maximum absolute atomic E-state index is 3.92. The number of hydrogen-bond donors (Lipinski definition) is 0. The average molecular weight is 156 g/mol. The summed E-state index contributed by atoms with van der Waals surface area (Å²) in [5.74, 6) is 0. The van der Waals surface area contributed by atoms with Crippen molar-refractivity contribution >= 4 is 0 Å². The Labute approximate surface area is 72.3 Å². The number of nitrogens with zero attached hydrogens (tertiary/aromatic N) is 1. The standard InChI is InChI=1S/C11H10N/c1-10-6-5-9-12(10)11-7-3-2-4-8-11/h2-9H,1H2. The molecule has 1 heterocycles. The van der Waals surface area contributed by atoms with Crippen LogP contribution in [0.5, 0.6) is 0 Å². The highest BCUT2D eigenvalue weighted by Gasteiger charge is 1.95. The van der Waals surface area contributed by atoms with Gasteiger partial charge in [-0.15, -0.1) is 0 Å². The number of para-hydroxylation sites is 1. The van der Waals surface area contributed by atoms with Crippen molar-refractivity contribution in [2.45, 2.75) is 0 Å². The van der Waals surface area contributed by atoms with Crippen molar-refractivity contribution in [3.63, 3.8) is 0 Å². The lowest BCUT2D eigenvalue weighted by Crippen LogP contribution is -1.92. The van der Waals surface area contributed by atoms with Gasteiger partial charge in [0.25, 0.3) is 0 Å². The van der Waals surface area contributed by atoms with Crippen LogP contribution in [0, 0.1) is 6.92 Å². The number of aromatic nitrogens is 1. The summed E-state index contributed by atoms with van der Waals surface area (Å²) >= 11 is 0. The monoisotopic (exact) mass is 156 g/mol. The van der Waals surface area contributed by atoms with Gasteiger partial charge in [-0.3, -0.25) is 0 Å². The van der Waals surface area contributed by atoms with Gasteiger partial charge in [0.15, 0.2) is 0 Å². The molecule has 1 heteroatoms. The molecule has 1 aromatic heterocycles. The zero-order chi connectivity index (χ0) is 8.39. The fourth-order valence-corrected chi connectivity index (χ4v) is 1.26. The van der Waals surface area contributed by atoms with Crippen LogP contribution in [0.3, 0.4) is 0 Å². The first-order valence-corrected chi connectivity index (χ1v) is 3.92. The highest BCUT2D eigenvalue weighted by Crippen LogP contribution is 2.10. The third-order valence-corrected chi connectivity index (χ3v) is 1.87. The zero-order valence-electron chi connectivity index (χ0n) is 6.77. The van der Waals surface area contributed by atoms with Crippen LogP contribution in [0.2, 0.25) is 0 Å². The molecular formula is C11H10N. The molecule has 2 rings (SSSR count). The van der Waals surface area contributed by atoms with E-state index >= 15 is 0 Å². The first-order valence-electron chi connectivity index (χ1n) is 3.92. The number of benzene rings is 1. The molecule has 59 valence electrons. The minimum Gasteiger partial charge on any atom is -0.321 e. The highest BCUT2D eigenvalue weighted by molar-refractivity contribution is 5.35. The second kappa shape index (κ2) is 2.86. The van der Waals surface area contributed by atoms with E-state index < -0.39 is 0 Å². The molecule has 0 spiro atoms. The van der Waals surface area contributed by atoms with Gasteiger partial charge in [-0.05, 0) is 31.2 Å². The Kier molecular flexibility index (Phi) is 1.71. The lowest BCUT2D eigenvalue weighted by molar-refractivity contribution is 1.05. The van der Waals surface area contributed by atoms with Gasteiger partial charge in [0.05, 0.1) is 0 Å². The molecule has 1 aromatic carbocycles. The van der Waals surface area contributed by atoms with Gasteiger partial charge in [-0.25, -0.2) is 0 Å². The van der Waals surface area contributed by atoms with Crippen LogP contribution in [-0.4, -0.2) is 4.57 Å². The topological polar surface area (TPSA) is 4.93 Å². The summed E-state index contributed by atoms with van der Waals surface area (Å²) < 4.78 is 2.06. The van der Waals surface area contributed by atoms with Crippen LogP contribution in [0.25, 0.3) is 5.69 Å². The Balaban J connectivity index is 2.51. The van der Waals surface area contributed by atoms with Gasteiger partial charge >= 0.3 is 0 Å². The molecule has 0 saturated heterocycles. The average Bonchev–Trinajstić information content (AvgIpc) is 2.53. The molecule has 0 amide bonds. The van der Waals surface area contributed by atoms with E-state index in [1.165, 1.54) is 0 Å². The highest BCUT2D eigenvalue weighted by atomic mass is 15.0. The van der Waals surface area contributed by atoms with Gasteiger partial charge in [0.2, 0.25) is 0 Å². The van der Waals surface area contributed by atoms with Crippen molar-refractivity contribution in [3.8, 4) is 5.69 Å². The van der Waals surface area contributed by atoms with Gasteiger partial charge < -0.3 is 4.57 Å². The largest absolute Gasteiger partial charge is 0.321 e. The molecule has 1 nitrogen and oxygen atoms in total. The molecule has 0 fully saturated rings. The van der Waals surface area contributed by atoms with E-state index in [4.69, 9.17) is 0 Å². The van der Waals surface area contributed by atoms with E-state index in [1.54, 1.807) is 0 Å². The summed E-state index contributed by atoms with van der Waals surface area (Å²) in [5.41, 5.74) is 2.17. The predicted octanol–water partition coefficient (Wildman–Crippen LogP) is 2.66. The normalized spacial score (nSPS) is 10.1. The Hall–Kier alpha value is -1.50. The van der Waals surface area contributed by atoms with Crippen LogP contribution < -0.4 is 0 Å². The minimum atomic E-state index is 1.02. The maximum Gasteiger partial charge on any atom is 0.0452 e. The second-order valence-corrected chi connectivity index (χ2v) is 2.71. The van der Waals surface area contributed by atoms with E-state index in [0.29, 0.717) is 0 Å². The molecule has 0 saturated carbocycles. The smallest absolute Gasteiger partial charge is 0.0452 e. The number of hydrogen-bond acceptors (Lipinski definition) is 0. The van der Waals surface area contributed by atoms with Crippen LogP contribution >= 0.6 is 0 Å². The fourth-order valence-electron chi connectivity index (χ4n) is 1.26. The molecule has 0 atom stereocenters. The van der Waals surface area contributed by atoms with E-state index in [1.807, 2.05) is 36.5 Å². The molecule has 0 aliphatic heterocycles. The van der Waals surface area contributed by atoms with Gasteiger partial charge in [0, 0.05) is 17.6 Å². The molecule has 0 aliphatic carbocycles. The summed E-state index contributed by atoms with van der Waals surface area (Å²) in [6.07, 6.45) is 2.01. The molecule has 0 unspecified atom stereocenters. The zero-order valence-corrected chi connectivity index (χ0v) is 6.77. The second-order valence-electron chi connectivity index (χ2n) is 2.71. The SMILES string of the molecule is [CH2]c1cccn1-c1ccccc1. The quantitative estimate of drug-likeness (QED) is 0.598. The van der Waals surface area contributed by atoms with Crippen LogP contribution in [0.15, 0.2) is 48.7 Å². The Bertz CT molecular complexity index is 360.